The molecule has 0 aliphatic carbocycles. The lowest BCUT2D eigenvalue weighted by Crippen LogP contribution is -2.45. The maximum Gasteiger partial charge on any atom is 0.283 e. The Hall–Kier alpha value is -2.61. The molecule has 7 heteroatoms. The van der Waals surface area contributed by atoms with Crippen LogP contribution in [0.15, 0.2) is 54.6 Å². The number of methoxy groups -OCH3 is 1. The van der Waals surface area contributed by atoms with Crippen LogP contribution in [0.3, 0.4) is 0 Å². The Morgan fingerprint density at radius 2 is 1.78 bits per heavy atom. The second-order valence-corrected chi connectivity index (χ2v) is 9.66. The number of nitrogens with zero attached hydrogens (tertiary/aromatic N) is 1. The van der Waals surface area contributed by atoms with Gasteiger partial charge in [-0.15, -0.1) is 5.06 Å². The summed E-state index contributed by atoms with van der Waals surface area (Å²) in [5.74, 6) is 0.717. The second kappa shape index (κ2) is 9.10. The molecule has 1 saturated heterocycles. The van der Waals surface area contributed by atoms with E-state index in [1.54, 1.807) is 7.11 Å². The Kier molecular flexibility index (Phi) is 6.42. The molecule has 0 aromatic heterocycles. The molecule has 6 nitrogen and oxygen atoms in total. The molecular weight excluding hydrogens is 422 g/mol. The summed E-state index contributed by atoms with van der Waals surface area (Å²) in [5.41, 5.74) is 7.21. The lowest BCUT2D eigenvalue weighted by Gasteiger charge is -2.35. The topological polar surface area (TPSA) is 55.0 Å². The van der Waals surface area contributed by atoms with Gasteiger partial charge >= 0.3 is 0 Å². The van der Waals surface area contributed by atoms with Gasteiger partial charge in [-0.1, -0.05) is 57.2 Å². The van der Waals surface area contributed by atoms with Crippen molar-refractivity contribution in [3.8, 4) is 5.75 Å². The Labute approximate surface area is 195 Å². The third kappa shape index (κ3) is 5.06. The Morgan fingerprint density at radius 3 is 2.44 bits per heavy atom. The summed E-state index contributed by atoms with van der Waals surface area (Å²) >= 11 is 5.38. The van der Waals surface area contributed by atoms with Crippen molar-refractivity contribution < 1.29 is 14.4 Å². The van der Waals surface area contributed by atoms with Crippen molar-refractivity contribution >= 4 is 28.8 Å². The average Bonchev–Trinajstić information content (AvgIpc) is 3.19. The van der Waals surface area contributed by atoms with Crippen LogP contribution in [-0.4, -0.2) is 36.0 Å². The molecule has 170 valence electrons. The molecule has 2 N–H and O–H groups in total. The normalized spacial score (nSPS) is 18.1. The van der Waals surface area contributed by atoms with Gasteiger partial charge in [0.1, 0.15) is 11.4 Å². The Morgan fingerprint density at radius 1 is 1.09 bits per heavy atom. The fourth-order valence-corrected chi connectivity index (χ4v) is 4.19. The van der Waals surface area contributed by atoms with Crippen LogP contribution in [0.25, 0.3) is 5.70 Å². The fourth-order valence-electron chi connectivity index (χ4n) is 3.97. The second-order valence-electron chi connectivity index (χ2n) is 9.29. The maximum absolute atomic E-state index is 6.04. The van der Waals surface area contributed by atoms with Crippen LogP contribution in [0.1, 0.15) is 44.7 Å². The number of hydrogen-bond acceptors (Lipinski definition) is 6. The van der Waals surface area contributed by atoms with Gasteiger partial charge < -0.3 is 14.9 Å². The Bertz CT molecular complexity index is 990. The summed E-state index contributed by atoms with van der Waals surface area (Å²) in [5, 5.41) is 5.28. The number of nitrogens with one attached hydrogen (secondary N) is 2. The van der Waals surface area contributed by atoms with Crippen LogP contribution in [-0.2, 0) is 15.1 Å². The van der Waals surface area contributed by atoms with Gasteiger partial charge in [0.15, 0.2) is 0 Å². The molecular formula is C25H31N3O3S. The zero-order valence-corrected chi connectivity index (χ0v) is 19.9. The highest BCUT2D eigenvalue weighted by Gasteiger charge is 2.39. The third-order valence-electron chi connectivity index (χ3n) is 5.96. The molecule has 2 aromatic carbocycles. The number of ether oxygens (including phenoxy) is 1. The summed E-state index contributed by atoms with van der Waals surface area (Å²) < 4.78 is 5.35. The number of hydroxylamine groups is 3. The first-order valence-corrected chi connectivity index (χ1v) is 11.3. The van der Waals surface area contributed by atoms with E-state index in [1.807, 2.05) is 29.3 Å². The number of piperidine rings is 1. The molecule has 2 aromatic rings. The predicted octanol–water partition coefficient (Wildman–Crippen LogP) is 5.03. The standard InChI is InChI=1S/C25H31N3O3S/c1-24(2,3)19-11-9-18(10-12-19)21-17-25(31-27-21)13-15-28(16-14-25)30-23(32)26-20-7-5-6-8-22(20)29-4/h5-12,17,27H,13-16H2,1-4H3,(H,26,32). The summed E-state index contributed by atoms with van der Waals surface area (Å²) in [6, 6.07) is 16.3. The van der Waals surface area contributed by atoms with Crippen molar-refractivity contribution in [2.24, 2.45) is 0 Å². The van der Waals surface area contributed by atoms with E-state index in [-0.39, 0.29) is 11.0 Å². The number of hydrogen-bond donors (Lipinski definition) is 2. The lowest BCUT2D eigenvalue weighted by atomic mass is 9.86. The van der Waals surface area contributed by atoms with Crippen molar-refractivity contribution in [2.45, 2.75) is 44.6 Å². The minimum Gasteiger partial charge on any atom is -0.495 e. The first-order valence-electron chi connectivity index (χ1n) is 10.9. The zero-order valence-electron chi connectivity index (χ0n) is 19.1. The molecule has 0 atom stereocenters. The van der Waals surface area contributed by atoms with Crippen molar-refractivity contribution in [3.05, 3.63) is 65.7 Å². The average molecular weight is 454 g/mol. The van der Waals surface area contributed by atoms with E-state index in [2.05, 4.69) is 61.9 Å². The lowest BCUT2D eigenvalue weighted by molar-refractivity contribution is -0.142. The summed E-state index contributed by atoms with van der Waals surface area (Å²) in [7, 11) is 1.63. The van der Waals surface area contributed by atoms with Gasteiger partial charge in [-0.05, 0) is 59.8 Å². The van der Waals surface area contributed by atoms with Crippen LogP contribution >= 0.6 is 12.2 Å². The monoisotopic (exact) mass is 453 g/mol. The number of anilines is 1. The SMILES string of the molecule is COc1ccccc1NC(=S)ON1CCC2(C=C(c3ccc(C(C)(C)C)cc3)NO2)CC1. The van der Waals surface area contributed by atoms with E-state index in [9.17, 15) is 0 Å². The Balaban J connectivity index is 1.33. The zero-order chi connectivity index (χ0) is 22.8. The third-order valence-corrected chi connectivity index (χ3v) is 6.13. The number of benzene rings is 2. The van der Waals surface area contributed by atoms with Crippen molar-refractivity contribution in [2.75, 3.05) is 25.5 Å². The highest BCUT2D eigenvalue weighted by molar-refractivity contribution is 7.80. The van der Waals surface area contributed by atoms with Gasteiger partial charge in [-0.25, -0.2) is 0 Å². The molecule has 1 fully saturated rings. The van der Waals surface area contributed by atoms with E-state index in [1.165, 1.54) is 5.56 Å². The summed E-state index contributed by atoms with van der Waals surface area (Å²) in [4.78, 5) is 11.9. The van der Waals surface area contributed by atoms with E-state index in [4.69, 9.17) is 26.6 Å². The highest BCUT2D eigenvalue weighted by Crippen LogP contribution is 2.35. The first-order chi connectivity index (χ1) is 15.3. The van der Waals surface area contributed by atoms with Crippen molar-refractivity contribution in [3.63, 3.8) is 0 Å². The highest BCUT2D eigenvalue weighted by atomic mass is 32.1. The van der Waals surface area contributed by atoms with Crippen LogP contribution in [0, 0.1) is 0 Å². The smallest absolute Gasteiger partial charge is 0.283 e. The summed E-state index contributed by atoms with van der Waals surface area (Å²) in [6.45, 7) is 8.09. The van der Waals surface area contributed by atoms with E-state index < -0.39 is 0 Å². The molecule has 2 heterocycles. The van der Waals surface area contributed by atoms with E-state index in [0.29, 0.717) is 18.3 Å². The van der Waals surface area contributed by atoms with Gasteiger partial charge in [-0.2, -0.15) is 0 Å². The van der Waals surface area contributed by atoms with Crippen LogP contribution in [0.2, 0.25) is 0 Å². The molecule has 2 aliphatic heterocycles. The molecule has 4 rings (SSSR count). The van der Waals surface area contributed by atoms with E-state index >= 15 is 0 Å². The van der Waals surface area contributed by atoms with Gasteiger partial charge in [-0.3, -0.25) is 10.3 Å². The fraction of sp³-hybridized carbons (Fsp3) is 0.400. The molecule has 0 saturated carbocycles. The maximum atomic E-state index is 6.04. The molecule has 0 unspecified atom stereocenters. The van der Waals surface area contributed by atoms with Gasteiger partial charge in [0.25, 0.3) is 5.17 Å². The van der Waals surface area contributed by atoms with Crippen molar-refractivity contribution in [1.29, 1.82) is 0 Å². The minimum absolute atomic E-state index is 0.141. The van der Waals surface area contributed by atoms with Gasteiger partial charge in [0.2, 0.25) is 0 Å². The first kappa shape index (κ1) is 22.6. The molecule has 2 aliphatic rings. The van der Waals surface area contributed by atoms with Crippen LogP contribution in [0.4, 0.5) is 5.69 Å². The molecule has 1 spiro atoms. The molecule has 0 bridgehead atoms. The van der Waals surface area contributed by atoms with Crippen LogP contribution in [0.5, 0.6) is 5.75 Å². The number of thiocarbonyl (C=S) groups is 1. The van der Waals surface area contributed by atoms with E-state index in [0.717, 1.165) is 35.5 Å². The number of para-hydroxylation sites is 2. The van der Waals surface area contributed by atoms with Gasteiger partial charge in [0.05, 0.1) is 18.5 Å². The molecule has 0 radical (unpaired) electrons. The minimum atomic E-state index is -0.324. The molecule has 0 amide bonds. The quantitative estimate of drug-likeness (QED) is 0.630. The van der Waals surface area contributed by atoms with Crippen LogP contribution < -0.4 is 15.5 Å². The predicted molar refractivity (Wildman–Crippen MR) is 131 cm³/mol. The van der Waals surface area contributed by atoms with Crippen molar-refractivity contribution in [1.82, 2.24) is 10.5 Å². The van der Waals surface area contributed by atoms with Gasteiger partial charge in [0, 0.05) is 13.1 Å². The largest absolute Gasteiger partial charge is 0.495 e. The summed E-state index contributed by atoms with van der Waals surface area (Å²) in [6.07, 6.45) is 3.82. The number of rotatable bonds is 4. The molecule has 32 heavy (non-hydrogen) atoms.